The maximum atomic E-state index is 13.4. The molecule has 1 aromatic carbocycles. The minimum Gasteiger partial charge on any atom is -0.487 e. The van der Waals surface area contributed by atoms with Crippen LogP contribution in [0.3, 0.4) is 0 Å². The van der Waals surface area contributed by atoms with Crippen molar-refractivity contribution in [3.8, 4) is 11.4 Å². The summed E-state index contributed by atoms with van der Waals surface area (Å²) in [6, 6.07) is 2.71. The van der Waals surface area contributed by atoms with Gasteiger partial charge in [-0.25, -0.2) is 14.3 Å². The summed E-state index contributed by atoms with van der Waals surface area (Å²) in [6.45, 7) is 0.339. The van der Waals surface area contributed by atoms with Crippen LogP contribution in [0, 0.1) is 0 Å². The van der Waals surface area contributed by atoms with Crippen molar-refractivity contribution in [1.82, 2.24) is 19.3 Å². The van der Waals surface area contributed by atoms with Gasteiger partial charge in [0.15, 0.2) is 11.4 Å². The van der Waals surface area contributed by atoms with Crippen molar-refractivity contribution in [3.63, 3.8) is 0 Å². The smallest absolute Gasteiger partial charge is 0.434 e. The molecule has 4 rings (SSSR count). The fraction of sp³-hybridized carbons (Fsp3) is 0.214. The molecule has 0 amide bonds. The number of carboxylic acids is 1. The number of hydrogen-bond donors (Lipinski definition) is 2. The van der Waals surface area contributed by atoms with Crippen LogP contribution in [0.25, 0.3) is 16.7 Å². The number of ether oxygens (including phenoxy) is 1. The molecule has 0 unspecified atom stereocenters. The van der Waals surface area contributed by atoms with Crippen molar-refractivity contribution in [3.05, 3.63) is 40.1 Å². The summed E-state index contributed by atoms with van der Waals surface area (Å²) in [7, 11) is 0. The van der Waals surface area contributed by atoms with E-state index in [2.05, 4.69) is 10.1 Å². The largest absolute Gasteiger partial charge is 0.487 e. The number of alkyl halides is 3. The van der Waals surface area contributed by atoms with Gasteiger partial charge < -0.3 is 14.8 Å². The number of aromatic amines is 1. The third-order valence-corrected chi connectivity index (χ3v) is 3.93. The maximum absolute atomic E-state index is 13.4. The maximum Gasteiger partial charge on any atom is 0.434 e. The molecule has 2 N–H and O–H groups in total. The highest BCUT2D eigenvalue weighted by Crippen LogP contribution is 2.38. The van der Waals surface area contributed by atoms with Crippen molar-refractivity contribution in [2.75, 3.05) is 6.61 Å². The third-order valence-electron chi connectivity index (χ3n) is 3.93. The Morgan fingerprint density at radius 1 is 1.36 bits per heavy atom. The number of aromatic carboxylic acids is 1. The Balaban J connectivity index is 2.06. The highest BCUT2D eigenvalue weighted by molar-refractivity contribution is 5.90. The van der Waals surface area contributed by atoms with Crippen molar-refractivity contribution in [2.24, 2.45) is 0 Å². The predicted molar refractivity (Wildman–Crippen MR) is 77.1 cm³/mol. The second-order valence-corrected chi connectivity index (χ2v) is 5.36. The fourth-order valence-electron chi connectivity index (χ4n) is 2.94. The molecule has 0 saturated heterocycles. The average Bonchev–Trinajstić information content (AvgIpc) is 3.11. The second-order valence-electron chi connectivity index (χ2n) is 5.36. The number of nitrogens with one attached hydrogen (secondary N) is 1. The summed E-state index contributed by atoms with van der Waals surface area (Å²) in [5.74, 6) is -1.71. The van der Waals surface area contributed by atoms with Crippen LogP contribution in [0.5, 0.6) is 5.75 Å². The molecule has 8 nitrogen and oxygen atoms in total. The van der Waals surface area contributed by atoms with Crippen LogP contribution in [0.4, 0.5) is 13.2 Å². The Morgan fingerprint density at radius 2 is 2.12 bits per heavy atom. The molecule has 0 spiro atoms. The number of imidazole rings is 1. The van der Waals surface area contributed by atoms with Crippen molar-refractivity contribution in [2.45, 2.75) is 12.7 Å². The molecule has 3 heterocycles. The first-order valence-corrected chi connectivity index (χ1v) is 7.06. The van der Waals surface area contributed by atoms with E-state index in [1.54, 1.807) is 0 Å². The van der Waals surface area contributed by atoms with Crippen molar-refractivity contribution >= 4 is 17.0 Å². The molecule has 0 bridgehead atoms. The SMILES string of the molecule is O=C(O)c1cnn(-c2ccc3[nH]c(=O)n4c3c2OCC4)c1C(F)(F)F. The van der Waals surface area contributed by atoms with Crippen molar-refractivity contribution < 1.29 is 27.8 Å². The van der Waals surface area contributed by atoms with E-state index in [1.807, 2.05) is 0 Å². The quantitative estimate of drug-likeness (QED) is 0.728. The average molecular weight is 354 g/mol. The Kier molecular flexibility index (Phi) is 2.99. The predicted octanol–water partition coefficient (Wildman–Crippen LogP) is 1.62. The monoisotopic (exact) mass is 354 g/mol. The normalized spacial score (nSPS) is 13.9. The first kappa shape index (κ1) is 15.3. The van der Waals surface area contributed by atoms with Gasteiger partial charge in [0.2, 0.25) is 0 Å². The summed E-state index contributed by atoms with van der Waals surface area (Å²) in [4.78, 5) is 25.6. The van der Waals surface area contributed by atoms with Crippen LogP contribution in [0.1, 0.15) is 16.1 Å². The Hall–Kier alpha value is -3.24. The van der Waals surface area contributed by atoms with Gasteiger partial charge in [-0.15, -0.1) is 0 Å². The minimum atomic E-state index is -4.95. The Bertz CT molecular complexity index is 1080. The lowest BCUT2D eigenvalue weighted by atomic mass is 10.2. The van der Waals surface area contributed by atoms with Crippen LogP contribution in [0.2, 0.25) is 0 Å². The molecular formula is C14H9F3N4O4. The number of benzene rings is 1. The van der Waals surface area contributed by atoms with Gasteiger partial charge in [0, 0.05) is 0 Å². The summed E-state index contributed by atoms with van der Waals surface area (Å²) in [6.07, 6.45) is -4.31. The van der Waals surface area contributed by atoms with E-state index in [1.165, 1.54) is 16.7 Å². The third kappa shape index (κ3) is 2.12. The zero-order valence-electron chi connectivity index (χ0n) is 12.3. The summed E-state index contributed by atoms with van der Waals surface area (Å²) < 4.78 is 47.5. The lowest BCUT2D eigenvalue weighted by molar-refractivity contribution is -0.143. The first-order chi connectivity index (χ1) is 11.8. The zero-order valence-corrected chi connectivity index (χ0v) is 12.3. The van der Waals surface area contributed by atoms with E-state index in [-0.39, 0.29) is 24.6 Å². The molecule has 0 saturated carbocycles. The molecule has 11 heteroatoms. The lowest BCUT2D eigenvalue weighted by Crippen LogP contribution is -2.24. The Labute approximate surface area is 136 Å². The van der Waals surface area contributed by atoms with Gasteiger partial charge in [-0.1, -0.05) is 0 Å². The summed E-state index contributed by atoms with van der Waals surface area (Å²) in [5, 5.41) is 12.6. The van der Waals surface area contributed by atoms with E-state index in [9.17, 15) is 22.8 Å². The zero-order chi connectivity index (χ0) is 17.9. The number of halogens is 3. The standard InChI is InChI=1S/C14H9F3N4O4/c15-14(16,17)11-6(12(22)23)5-18-21(11)8-2-1-7-9-10(8)25-4-3-20(9)13(24)19-7/h1-2,5H,3-4H2,(H,19,24)(H,22,23). The number of carboxylic acid groups (broad SMARTS) is 1. The van der Waals surface area contributed by atoms with Gasteiger partial charge in [0.05, 0.1) is 18.3 Å². The first-order valence-electron chi connectivity index (χ1n) is 7.06. The van der Waals surface area contributed by atoms with E-state index < -0.39 is 29.1 Å². The van der Waals surface area contributed by atoms with Gasteiger partial charge in [-0.05, 0) is 12.1 Å². The van der Waals surface area contributed by atoms with Crippen LogP contribution in [0.15, 0.2) is 23.1 Å². The molecule has 1 aliphatic heterocycles. The van der Waals surface area contributed by atoms with Crippen LogP contribution in [-0.2, 0) is 12.7 Å². The molecule has 0 aliphatic carbocycles. The Morgan fingerprint density at radius 3 is 2.80 bits per heavy atom. The minimum absolute atomic E-state index is 0.0349. The van der Waals surface area contributed by atoms with E-state index in [4.69, 9.17) is 9.84 Å². The molecule has 0 radical (unpaired) electrons. The molecule has 25 heavy (non-hydrogen) atoms. The van der Waals surface area contributed by atoms with Gasteiger partial charge in [-0.2, -0.15) is 18.3 Å². The number of aromatic nitrogens is 4. The highest BCUT2D eigenvalue weighted by Gasteiger charge is 2.41. The number of H-pyrrole nitrogens is 1. The lowest BCUT2D eigenvalue weighted by Gasteiger charge is -2.20. The van der Waals surface area contributed by atoms with E-state index in [0.29, 0.717) is 21.9 Å². The molecule has 3 aromatic rings. The van der Waals surface area contributed by atoms with Crippen LogP contribution >= 0.6 is 0 Å². The molecule has 1 aliphatic rings. The van der Waals surface area contributed by atoms with Gasteiger partial charge in [0.1, 0.15) is 23.4 Å². The highest BCUT2D eigenvalue weighted by atomic mass is 19.4. The molecule has 130 valence electrons. The number of carbonyl (C=O) groups is 1. The molecule has 0 atom stereocenters. The summed E-state index contributed by atoms with van der Waals surface area (Å²) in [5.41, 5.74) is -2.17. The van der Waals surface area contributed by atoms with Crippen LogP contribution in [-0.4, -0.2) is 37.0 Å². The molecule has 2 aromatic heterocycles. The van der Waals surface area contributed by atoms with Gasteiger partial charge in [0.25, 0.3) is 0 Å². The number of hydrogen-bond acceptors (Lipinski definition) is 4. The van der Waals surface area contributed by atoms with Gasteiger partial charge in [-0.3, -0.25) is 4.57 Å². The second kappa shape index (κ2) is 4.88. The summed E-state index contributed by atoms with van der Waals surface area (Å²) >= 11 is 0. The fourth-order valence-corrected chi connectivity index (χ4v) is 2.94. The topological polar surface area (TPSA) is 102 Å². The van der Waals surface area contributed by atoms with Gasteiger partial charge >= 0.3 is 17.8 Å². The van der Waals surface area contributed by atoms with Crippen molar-refractivity contribution in [1.29, 1.82) is 0 Å². The van der Waals surface area contributed by atoms with Crippen LogP contribution < -0.4 is 10.4 Å². The van der Waals surface area contributed by atoms with E-state index in [0.717, 1.165) is 0 Å². The number of nitrogens with zero attached hydrogens (tertiary/aromatic N) is 3. The molecule has 0 fully saturated rings. The molecular weight excluding hydrogens is 345 g/mol. The number of rotatable bonds is 2. The van der Waals surface area contributed by atoms with E-state index >= 15 is 0 Å².